The number of hydrogen-bond donors (Lipinski definition) is 7. The molecule has 2 atom stereocenters. The zero-order chi connectivity index (χ0) is 51.1. The molecule has 71 heavy (non-hydrogen) atoms. The molecule has 2 amide bonds. The molecule has 0 aliphatic carbocycles. The van der Waals surface area contributed by atoms with Crippen LogP contribution in [0.2, 0.25) is 0 Å². The number of likely N-dealkylation sites (tertiary alicyclic amines) is 1. The smallest absolute Gasteiger partial charge is 0.317 e. The molecule has 0 saturated carbocycles. The van der Waals surface area contributed by atoms with E-state index in [0.29, 0.717) is 80.1 Å². The molecule has 8 N–H and O–H groups in total. The lowest BCUT2D eigenvalue weighted by Gasteiger charge is -2.50. The third kappa shape index (κ3) is 12.6. The van der Waals surface area contributed by atoms with Crippen molar-refractivity contribution in [1.29, 1.82) is 0 Å². The third-order valence-corrected chi connectivity index (χ3v) is 14.2. The molecule has 4 aromatic carbocycles. The predicted molar refractivity (Wildman–Crippen MR) is 264 cm³/mol. The Morgan fingerprint density at radius 3 is 1.86 bits per heavy atom. The van der Waals surface area contributed by atoms with Crippen LogP contribution in [-0.4, -0.2) is 128 Å². The van der Waals surface area contributed by atoms with Crippen molar-refractivity contribution in [3.05, 3.63) is 118 Å². The Hall–Kier alpha value is -5.83. The van der Waals surface area contributed by atoms with E-state index in [4.69, 9.17) is 20.3 Å². The molecule has 0 radical (unpaired) electrons. The molecule has 384 valence electrons. The lowest BCUT2D eigenvalue weighted by atomic mass is 9.77. The number of benzene rings is 4. The first-order chi connectivity index (χ1) is 33.8. The number of hydrogen-bond acceptors (Lipinski definition) is 13. The number of carbonyl (C=O) groups is 3. The largest absolute Gasteiger partial charge is 0.394 e. The number of amides is 2. The fourth-order valence-corrected chi connectivity index (χ4v) is 9.95. The van der Waals surface area contributed by atoms with Crippen molar-refractivity contribution in [2.45, 2.75) is 94.5 Å². The minimum Gasteiger partial charge on any atom is -0.394 e. The van der Waals surface area contributed by atoms with Crippen LogP contribution in [-0.2, 0) is 22.6 Å². The van der Waals surface area contributed by atoms with Crippen LogP contribution in [0.3, 0.4) is 0 Å². The fourth-order valence-electron chi connectivity index (χ4n) is 9.95. The molecular formula is C52H66F4N8O7. The van der Waals surface area contributed by atoms with Crippen LogP contribution in [0.5, 0.6) is 0 Å². The van der Waals surface area contributed by atoms with E-state index in [1.807, 2.05) is 27.9 Å². The van der Waals surface area contributed by atoms with Crippen LogP contribution < -0.4 is 36.8 Å². The first kappa shape index (κ1) is 53.0. The van der Waals surface area contributed by atoms with Crippen molar-refractivity contribution in [3.63, 3.8) is 0 Å². The first-order valence-electron chi connectivity index (χ1n) is 24.1. The Morgan fingerprint density at radius 1 is 0.789 bits per heavy atom. The van der Waals surface area contributed by atoms with Gasteiger partial charge in [0.25, 0.3) is 0 Å². The average Bonchev–Trinajstić information content (AvgIpc) is 3.72. The molecule has 15 nitrogen and oxygen atoms in total. The highest BCUT2D eigenvalue weighted by Gasteiger charge is 2.46. The zero-order valence-corrected chi connectivity index (χ0v) is 40.8. The van der Waals surface area contributed by atoms with Gasteiger partial charge in [0.2, 0.25) is 0 Å². The number of fused-ring (bicyclic) bond motifs is 2. The van der Waals surface area contributed by atoms with Gasteiger partial charge in [-0.25, -0.2) is 22.4 Å². The molecule has 2 spiro atoms. The fraction of sp³-hybridized carbons (Fsp3) is 0.481. The van der Waals surface area contributed by atoms with Crippen LogP contribution in [0.15, 0.2) is 72.8 Å². The zero-order valence-electron chi connectivity index (χ0n) is 40.8. The maximum Gasteiger partial charge on any atom is 0.317 e. The van der Waals surface area contributed by atoms with E-state index in [1.54, 1.807) is 41.3 Å². The number of nitrogens with zero attached hydrogens (tertiary/aromatic N) is 3. The van der Waals surface area contributed by atoms with Crippen LogP contribution >= 0.6 is 0 Å². The van der Waals surface area contributed by atoms with Gasteiger partial charge < -0.3 is 61.4 Å². The quantitative estimate of drug-likeness (QED) is 0.0875. The summed E-state index contributed by atoms with van der Waals surface area (Å²) in [5.41, 5.74) is 9.75. The Kier molecular flexibility index (Phi) is 17.0. The number of carbonyl (C=O) groups excluding carboxylic acids is 3. The number of urea groups is 1. The first-order valence-corrected chi connectivity index (χ1v) is 24.1. The van der Waals surface area contributed by atoms with Crippen LogP contribution in [0, 0.1) is 23.3 Å². The molecule has 3 saturated heterocycles. The monoisotopic (exact) mass is 990 g/mol. The minimum absolute atomic E-state index is 0.00484. The number of ketones is 2. The summed E-state index contributed by atoms with van der Waals surface area (Å²) in [6.45, 7) is 7.70. The van der Waals surface area contributed by atoms with Gasteiger partial charge in [0.15, 0.2) is 17.4 Å². The van der Waals surface area contributed by atoms with Crippen molar-refractivity contribution in [2.75, 3.05) is 87.0 Å². The number of piperidine rings is 2. The minimum atomic E-state index is -1.01. The summed E-state index contributed by atoms with van der Waals surface area (Å²) in [6.07, 6.45) is 2.86. The molecule has 0 bridgehead atoms. The van der Waals surface area contributed by atoms with Crippen LogP contribution in [0.1, 0.15) is 84.2 Å². The van der Waals surface area contributed by atoms with E-state index in [1.165, 1.54) is 36.4 Å². The Morgan fingerprint density at radius 2 is 1.32 bits per heavy atom. The Bertz CT molecular complexity index is 2540. The van der Waals surface area contributed by atoms with E-state index < -0.39 is 35.7 Å². The second kappa shape index (κ2) is 22.7. The molecule has 3 fully saturated rings. The highest BCUT2D eigenvalue weighted by atomic mass is 19.1. The SMILES string of the molecule is CC1(C)OC[C@H](CNc2cc(CN)ccc2F)O1.CN1c2ccc(F)cc2C(=O)CC12CCN(C(=O)NCc1ccc(F)c(NC[C@H](O)CO)c1)CC2.CN1c2ccc(F)cc2C(=O)CC12CCNCC2. The summed E-state index contributed by atoms with van der Waals surface area (Å²) >= 11 is 0. The average molecular weight is 991 g/mol. The Labute approximate surface area is 412 Å². The van der Waals surface area contributed by atoms with Gasteiger partial charge in [0, 0.05) is 94.2 Å². The van der Waals surface area contributed by atoms with Crippen LogP contribution in [0.4, 0.5) is 45.1 Å². The van der Waals surface area contributed by atoms with Crippen molar-refractivity contribution in [3.8, 4) is 0 Å². The number of rotatable bonds is 10. The molecule has 5 aliphatic heterocycles. The van der Waals surface area contributed by atoms with Gasteiger partial charge in [0.1, 0.15) is 29.4 Å². The number of aliphatic hydroxyl groups excluding tert-OH is 2. The highest BCUT2D eigenvalue weighted by Crippen LogP contribution is 2.43. The van der Waals surface area contributed by atoms with Gasteiger partial charge in [0.05, 0.1) is 36.2 Å². The van der Waals surface area contributed by atoms with E-state index in [9.17, 15) is 37.1 Å². The molecule has 4 aromatic rings. The Balaban J connectivity index is 0.000000172. The van der Waals surface area contributed by atoms with Gasteiger partial charge in [-0.15, -0.1) is 0 Å². The lowest BCUT2D eigenvalue weighted by molar-refractivity contribution is -0.136. The topological polar surface area (TPSA) is 194 Å². The maximum absolute atomic E-state index is 14.0. The lowest BCUT2D eigenvalue weighted by Crippen LogP contribution is -2.59. The molecule has 0 aromatic heterocycles. The van der Waals surface area contributed by atoms with Gasteiger partial charge in [-0.05, 0) is 124 Å². The van der Waals surface area contributed by atoms with E-state index >= 15 is 0 Å². The predicted octanol–water partition coefficient (Wildman–Crippen LogP) is 6.32. The van der Waals surface area contributed by atoms with E-state index in [0.717, 1.165) is 37.2 Å². The second-order valence-electron chi connectivity index (χ2n) is 19.4. The second-order valence-corrected chi connectivity index (χ2v) is 19.4. The number of anilines is 4. The van der Waals surface area contributed by atoms with Gasteiger partial charge in [-0.3, -0.25) is 9.59 Å². The summed E-state index contributed by atoms with van der Waals surface area (Å²) in [7, 11) is 3.94. The number of nitrogens with one attached hydrogen (secondary N) is 4. The molecule has 5 aliphatic rings. The van der Waals surface area contributed by atoms with Crippen molar-refractivity contribution >= 4 is 40.3 Å². The normalized spacial score (nSPS) is 20.0. The molecule has 9 rings (SSSR count). The summed E-state index contributed by atoms with van der Waals surface area (Å²) in [4.78, 5) is 43.7. The van der Waals surface area contributed by atoms with Crippen molar-refractivity contribution in [2.24, 2.45) is 5.73 Å². The van der Waals surface area contributed by atoms with E-state index in [-0.39, 0.29) is 66.1 Å². The molecule has 0 unspecified atom stereocenters. The van der Waals surface area contributed by atoms with Crippen molar-refractivity contribution in [1.82, 2.24) is 15.5 Å². The number of aliphatic hydroxyl groups is 2. The number of nitrogens with two attached hydrogens (primary N) is 1. The summed E-state index contributed by atoms with van der Waals surface area (Å²) in [5.74, 6) is -2.11. The summed E-state index contributed by atoms with van der Waals surface area (Å²) in [6, 6.07) is 17.8. The third-order valence-electron chi connectivity index (χ3n) is 14.2. The maximum atomic E-state index is 14.0. The molecular weight excluding hydrogens is 925 g/mol. The summed E-state index contributed by atoms with van der Waals surface area (Å²) in [5, 5.41) is 30.3. The molecule has 5 heterocycles. The summed E-state index contributed by atoms with van der Waals surface area (Å²) < 4.78 is 65.5. The number of halogens is 4. The molecule has 19 heteroatoms. The van der Waals surface area contributed by atoms with Crippen LogP contribution in [0.25, 0.3) is 0 Å². The van der Waals surface area contributed by atoms with Gasteiger partial charge >= 0.3 is 6.03 Å². The van der Waals surface area contributed by atoms with Crippen molar-refractivity contribution < 1.29 is 51.6 Å². The number of ether oxygens (including phenoxy) is 2. The standard InChI is InChI=1S/C25H30F2N4O4.C14H17FN2O.C13H19FN2O2/c1-30-22-5-3-17(26)11-19(22)23(34)12-25(30)6-8-31(9-7-25)24(35)29-13-16-2-4-20(27)21(10-16)28-14-18(33)15-32;1-17-12-3-2-10(15)8-11(12)13(18)9-14(17)4-6-16-7-5-14;1-13(2)17-8-10(18-13)7-16-12-5-9(6-15)3-4-11(12)14/h2-5,10-11,18,28,32-33H,6-9,12-15H2,1H3,(H,29,35);2-3,8,16H,4-7,9H2,1H3;3-5,10,16H,6-8,15H2,1-2H3/t18-;;10-/m0.0/s1. The van der Waals surface area contributed by atoms with E-state index in [2.05, 4.69) is 31.1 Å². The van der Waals surface area contributed by atoms with Gasteiger partial charge in [-0.1, -0.05) is 12.1 Å². The number of Topliss-reactive ketones (excluding diaryl/α,β-unsaturated/α-hetero) is 2. The highest BCUT2D eigenvalue weighted by molar-refractivity contribution is 6.05. The van der Waals surface area contributed by atoms with Gasteiger partial charge in [-0.2, -0.15) is 0 Å².